The number of anilines is 3. The molecule has 246 valence electrons. The lowest BCUT2D eigenvalue weighted by atomic mass is 9.95. The minimum absolute atomic E-state index is 0.0113. The van der Waals surface area contributed by atoms with Crippen molar-refractivity contribution in [2.75, 3.05) is 48.0 Å². The Labute approximate surface area is 264 Å². The number of thioether (sulfide) groups is 1. The van der Waals surface area contributed by atoms with Crippen LogP contribution in [0.4, 0.5) is 23.3 Å². The Morgan fingerprint density at radius 2 is 1.98 bits per heavy atom. The molecule has 3 unspecified atom stereocenters. The Morgan fingerprint density at radius 1 is 1.20 bits per heavy atom. The SMILES string of the molecule is CC1(C)Nc2nc(N)[nH]c(=O)c2N=C1C(=O)NN1CCN(CSC[C@H]2O[C@@H](n3cnc4c(N)ncnc43)C(O)C2O)C(C(=O)O)C1. The summed E-state index contributed by atoms with van der Waals surface area (Å²) in [6.07, 6.45) is -1.53. The number of rotatable bonds is 8. The van der Waals surface area contributed by atoms with Gasteiger partial charge in [-0.2, -0.15) is 4.98 Å². The van der Waals surface area contributed by atoms with Crippen LogP contribution in [0.3, 0.4) is 0 Å². The molecule has 0 bridgehead atoms. The number of aliphatic hydroxyl groups excluding tert-OH is 2. The van der Waals surface area contributed by atoms with Gasteiger partial charge < -0.3 is 36.8 Å². The Balaban J connectivity index is 1.06. The number of nitrogens with one attached hydrogen (secondary N) is 3. The monoisotopic (exact) mass is 659 g/mol. The standard InChI is InChI=1S/C25H33N13O7S/c1-25(2)16(31-13-18(34-25)32-24(27)33-20(13)41)21(42)35-37-4-3-36(10(5-37)23(43)44)9-46-6-11-14(39)15(40)22(45-11)38-8-30-12-17(26)28-7-29-19(12)38/h7-8,10-11,14-15,22,39-40H,3-6,9H2,1-2H3,(H,35,42)(H,43,44)(H2,26,28,29)(H4,27,32,33,34,41)/t10?,11-,14?,15?,22-/m1/s1. The van der Waals surface area contributed by atoms with Gasteiger partial charge in [0.1, 0.15) is 35.8 Å². The molecule has 10 N–H and O–H groups in total. The number of carboxylic acids is 1. The third kappa shape index (κ3) is 5.83. The molecule has 0 radical (unpaired) electrons. The van der Waals surface area contributed by atoms with Crippen LogP contribution in [0.1, 0.15) is 20.1 Å². The van der Waals surface area contributed by atoms with Crippen molar-refractivity contribution in [2.24, 2.45) is 4.99 Å². The number of hydrazine groups is 1. The number of amides is 1. The Bertz CT molecular complexity index is 1760. The van der Waals surface area contributed by atoms with E-state index in [-0.39, 0.29) is 47.2 Å². The second-order valence-corrected chi connectivity index (χ2v) is 12.5. The maximum atomic E-state index is 13.3. The highest BCUT2D eigenvalue weighted by molar-refractivity contribution is 7.99. The number of hydrogen-bond donors (Lipinski definition) is 8. The second-order valence-electron chi connectivity index (χ2n) is 11.5. The van der Waals surface area contributed by atoms with Gasteiger partial charge in [-0.25, -0.2) is 25.0 Å². The molecule has 0 aliphatic carbocycles. The van der Waals surface area contributed by atoms with Gasteiger partial charge in [0.05, 0.1) is 18.0 Å². The number of nitrogen functional groups attached to an aromatic ring is 2. The normalized spacial score (nSPS) is 26.3. The van der Waals surface area contributed by atoms with E-state index in [1.54, 1.807) is 18.7 Å². The number of aliphatic carboxylic acids is 1. The number of H-pyrrole nitrogens is 1. The van der Waals surface area contributed by atoms with Crippen LogP contribution in [0, 0.1) is 0 Å². The number of nitrogens with zero attached hydrogens (tertiary/aromatic N) is 8. The van der Waals surface area contributed by atoms with Gasteiger partial charge in [0.2, 0.25) is 5.95 Å². The summed E-state index contributed by atoms with van der Waals surface area (Å²) in [6.45, 7) is 3.95. The maximum Gasteiger partial charge on any atom is 0.322 e. The number of imidazole rings is 1. The number of carboxylic acid groups (broad SMARTS) is 1. The van der Waals surface area contributed by atoms with Crippen LogP contribution in [0.15, 0.2) is 22.4 Å². The van der Waals surface area contributed by atoms with E-state index < -0.39 is 53.6 Å². The van der Waals surface area contributed by atoms with Crippen LogP contribution in [0.25, 0.3) is 11.2 Å². The minimum atomic E-state index is -1.27. The molecule has 0 spiro atoms. The summed E-state index contributed by atoms with van der Waals surface area (Å²) >= 11 is 1.34. The van der Waals surface area contributed by atoms with Crippen molar-refractivity contribution < 1.29 is 29.6 Å². The molecule has 3 aliphatic heterocycles. The minimum Gasteiger partial charge on any atom is -0.480 e. The van der Waals surface area contributed by atoms with Crippen molar-refractivity contribution in [1.82, 2.24) is 44.8 Å². The number of aromatic nitrogens is 6. The van der Waals surface area contributed by atoms with E-state index in [1.165, 1.54) is 34.0 Å². The summed E-state index contributed by atoms with van der Waals surface area (Å²) < 4.78 is 7.46. The highest BCUT2D eigenvalue weighted by atomic mass is 32.2. The first-order chi connectivity index (χ1) is 21.8. The summed E-state index contributed by atoms with van der Waals surface area (Å²) in [5.74, 6) is -0.924. The molecule has 2 saturated heterocycles. The van der Waals surface area contributed by atoms with Gasteiger partial charge >= 0.3 is 5.97 Å². The quantitative estimate of drug-likeness (QED) is 0.124. The fourth-order valence-electron chi connectivity index (χ4n) is 5.56. The van der Waals surface area contributed by atoms with Crippen molar-refractivity contribution >= 4 is 63.8 Å². The van der Waals surface area contributed by atoms with Crippen molar-refractivity contribution in [1.29, 1.82) is 0 Å². The molecule has 1 amide bonds. The number of carbonyl (C=O) groups is 2. The number of aliphatic imine (C=N–C) groups is 1. The van der Waals surface area contributed by atoms with Crippen LogP contribution in [-0.4, -0.2) is 133 Å². The van der Waals surface area contributed by atoms with Gasteiger partial charge in [-0.15, -0.1) is 11.8 Å². The van der Waals surface area contributed by atoms with E-state index >= 15 is 0 Å². The van der Waals surface area contributed by atoms with Crippen LogP contribution in [-0.2, 0) is 14.3 Å². The molecule has 2 fully saturated rings. The first kappa shape index (κ1) is 31.6. The zero-order valence-corrected chi connectivity index (χ0v) is 25.5. The molecule has 6 rings (SSSR count). The molecule has 3 aromatic rings. The van der Waals surface area contributed by atoms with E-state index in [1.807, 2.05) is 0 Å². The van der Waals surface area contributed by atoms with E-state index in [9.17, 15) is 29.7 Å². The number of fused-ring (bicyclic) bond motifs is 2. The van der Waals surface area contributed by atoms with Crippen LogP contribution < -0.4 is 27.8 Å². The number of aliphatic hydroxyl groups is 2. The van der Waals surface area contributed by atoms with Gasteiger partial charge in [0.25, 0.3) is 11.5 Å². The lowest BCUT2D eigenvalue weighted by molar-refractivity contribution is -0.147. The number of aromatic amines is 1. The highest BCUT2D eigenvalue weighted by Crippen LogP contribution is 2.34. The zero-order chi connectivity index (χ0) is 32.9. The molecule has 46 heavy (non-hydrogen) atoms. The number of nitrogens with two attached hydrogens (primary N) is 2. The predicted octanol–water partition coefficient (Wildman–Crippen LogP) is -2.54. The molecule has 21 heteroatoms. The molecule has 5 atom stereocenters. The van der Waals surface area contributed by atoms with E-state index in [0.717, 1.165) is 0 Å². The molecule has 20 nitrogen and oxygen atoms in total. The van der Waals surface area contributed by atoms with E-state index in [2.05, 4.69) is 40.7 Å². The molecule has 6 heterocycles. The van der Waals surface area contributed by atoms with Crippen LogP contribution in [0.5, 0.6) is 0 Å². The van der Waals surface area contributed by atoms with E-state index in [0.29, 0.717) is 24.3 Å². The molecule has 3 aromatic heterocycles. The van der Waals surface area contributed by atoms with Crippen LogP contribution >= 0.6 is 11.8 Å². The lowest BCUT2D eigenvalue weighted by Gasteiger charge is -2.40. The maximum absolute atomic E-state index is 13.3. The number of hydrogen-bond acceptors (Lipinski definition) is 17. The molecular weight excluding hydrogens is 626 g/mol. The summed E-state index contributed by atoms with van der Waals surface area (Å²) in [6, 6.07) is -0.966. The summed E-state index contributed by atoms with van der Waals surface area (Å²) in [7, 11) is 0. The van der Waals surface area contributed by atoms with Gasteiger partial charge in [0.15, 0.2) is 29.2 Å². The Kier molecular flexibility index (Phi) is 8.29. The molecule has 0 saturated carbocycles. The van der Waals surface area contributed by atoms with E-state index in [4.69, 9.17) is 16.2 Å². The Morgan fingerprint density at radius 3 is 2.74 bits per heavy atom. The summed E-state index contributed by atoms with van der Waals surface area (Å²) in [5, 5.41) is 35.9. The average Bonchev–Trinajstić information content (AvgIpc) is 3.54. The third-order valence-corrected chi connectivity index (χ3v) is 9.03. The summed E-state index contributed by atoms with van der Waals surface area (Å²) in [5.41, 5.74) is 13.2. The van der Waals surface area contributed by atoms with Gasteiger partial charge in [-0.3, -0.25) is 34.3 Å². The van der Waals surface area contributed by atoms with Crippen molar-refractivity contribution in [3.63, 3.8) is 0 Å². The Hall–Kier alpha value is -4.41. The first-order valence-electron chi connectivity index (χ1n) is 14.2. The fraction of sp³-hybridized carbons (Fsp3) is 0.520. The highest BCUT2D eigenvalue weighted by Gasteiger charge is 2.45. The zero-order valence-electron chi connectivity index (χ0n) is 24.7. The number of ether oxygens (including phenoxy) is 1. The predicted molar refractivity (Wildman–Crippen MR) is 165 cm³/mol. The van der Waals surface area contributed by atoms with Crippen molar-refractivity contribution in [3.8, 4) is 0 Å². The first-order valence-corrected chi connectivity index (χ1v) is 15.3. The second kappa shape index (κ2) is 12.1. The topological polar surface area (TPSA) is 288 Å². The largest absolute Gasteiger partial charge is 0.480 e. The average molecular weight is 660 g/mol. The van der Waals surface area contributed by atoms with Gasteiger partial charge in [0, 0.05) is 31.3 Å². The van der Waals surface area contributed by atoms with Crippen molar-refractivity contribution in [2.45, 2.75) is 50.0 Å². The lowest BCUT2D eigenvalue weighted by Crippen LogP contribution is -2.62. The van der Waals surface area contributed by atoms with Gasteiger partial charge in [-0.05, 0) is 13.8 Å². The number of carbonyl (C=O) groups excluding carboxylic acids is 1. The fourth-order valence-corrected chi connectivity index (χ4v) is 6.72. The molecular formula is C25H33N13O7S. The third-order valence-electron chi connectivity index (χ3n) is 7.95. The smallest absolute Gasteiger partial charge is 0.322 e. The molecule has 3 aliphatic rings. The summed E-state index contributed by atoms with van der Waals surface area (Å²) in [4.78, 5) is 62.5. The number of piperazine rings is 1. The van der Waals surface area contributed by atoms with Crippen molar-refractivity contribution in [3.05, 3.63) is 23.0 Å². The molecule has 0 aromatic carbocycles. The van der Waals surface area contributed by atoms with Gasteiger partial charge in [-0.1, -0.05) is 0 Å². The van der Waals surface area contributed by atoms with Crippen LogP contribution in [0.2, 0.25) is 0 Å².